The van der Waals surface area contributed by atoms with Crippen molar-refractivity contribution >= 4 is 50.8 Å². The van der Waals surface area contributed by atoms with Crippen LogP contribution in [-0.2, 0) is 20.8 Å². The molecule has 2 fully saturated rings. The van der Waals surface area contributed by atoms with E-state index in [1.54, 1.807) is 4.90 Å². The molecule has 5 rings (SSSR count). The number of rotatable bonds is 6. The van der Waals surface area contributed by atoms with Gasteiger partial charge in [0.1, 0.15) is 12.4 Å². The van der Waals surface area contributed by atoms with Crippen molar-refractivity contribution in [3.8, 4) is 11.8 Å². The number of nitrogens with zero attached hydrogens (tertiary/aromatic N) is 3. The van der Waals surface area contributed by atoms with Gasteiger partial charge in [-0.2, -0.15) is 0 Å². The van der Waals surface area contributed by atoms with Gasteiger partial charge in [0, 0.05) is 36.8 Å². The molecule has 2 aliphatic heterocycles. The number of halogens is 1. The number of benzene rings is 1. The van der Waals surface area contributed by atoms with Crippen LogP contribution in [0, 0.1) is 11.8 Å². The molecule has 0 radical (unpaired) electrons. The highest BCUT2D eigenvalue weighted by Gasteiger charge is 2.28. The average molecular weight is 556 g/mol. The molecule has 4 heterocycles. The number of nitrogens with one attached hydrogen (secondary N) is 2. The second-order valence-corrected chi connectivity index (χ2v) is 10.9. The summed E-state index contributed by atoms with van der Waals surface area (Å²) in [5.74, 6) is 7.22. The average Bonchev–Trinajstić information content (AvgIpc) is 3.54. The Morgan fingerprint density at radius 1 is 1.32 bits per heavy atom. The fourth-order valence-corrected chi connectivity index (χ4v) is 5.32. The number of hydrogen-bond acceptors (Lipinski definition) is 9. The van der Waals surface area contributed by atoms with Gasteiger partial charge in [0.05, 0.1) is 47.1 Å². The minimum Gasteiger partial charge on any atom is -0.445 e. The van der Waals surface area contributed by atoms with E-state index in [9.17, 15) is 4.79 Å². The first-order valence-corrected chi connectivity index (χ1v) is 13.8. The number of hydrogen-bond donors (Lipinski definition) is 2. The second-order valence-electron chi connectivity index (χ2n) is 9.41. The van der Waals surface area contributed by atoms with E-state index in [2.05, 4.69) is 32.4 Å². The van der Waals surface area contributed by atoms with E-state index in [0.29, 0.717) is 56.7 Å². The van der Waals surface area contributed by atoms with Gasteiger partial charge in [-0.05, 0) is 37.6 Å². The summed E-state index contributed by atoms with van der Waals surface area (Å²) in [7, 11) is 0. The summed E-state index contributed by atoms with van der Waals surface area (Å²) in [6, 6.07) is 7.70. The molecule has 11 heteroatoms. The maximum absolute atomic E-state index is 12.3. The van der Waals surface area contributed by atoms with Gasteiger partial charge in [0.25, 0.3) is 0 Å². The molecule has 2 N–H and O–H groups in total. The Kier molecular flexibility index (Phi) is 8.61. The van der Waals surface area contributed by atoms with Crippen LogP contribution in [0.4, 0.5) is 16.3 Å². The molecular formula is C27H30ClN5O4S. The largest absolute Gasteiger partial charge is 0.445 e. The maximum atomic E-state index is 12.3. The normalized spacial score (nSPS) is 19.4. The van der Waals surface area contributed by atoms with Gasteiger partial charge in [0.2, 0.25) is 0 Å². The summed E-state index contributed by atoms with van der Waals surface area (Å²) in [4.78, 5) is 23.8. The van der Waals surface area contributed by atoms with E-state index in [1.807, 2.05) is 38.1 Å². The molecule has 0 bridgehead atoms. The summed E-state index contributed by atoms with van der Waals surface area (Å²) in [6.07, 6.45) is 1.85. The van der Waals surface area contributed by atoms with Crippen LogP contribution in [0.1, 0.15) is 30.7 Å². The van der Waals surface area contributed by atoms with Crippen LogP contribution in [0.3, 0.4) is 0 Å². The zero-order valence-electron chi connectivity index (χ0n) is 21.3. The maximum Gasteiger partial charge on any atom is 0.410 e. The van der Waals surface area contributed by atoms with Crippen molar-refractivity contribution in [2.75, 3.05) is 38.2 Å². The molecule has 0 saturated carbocycles. The standard InChI is InChI=1S/C27H30ClN5O4S/c1-17(2)36-15-18-3-4-20(12-23(18)28)32-26-25-24(30-16-31-26)13-22(38-25)6-5-19-11-21(14-29-19)37-27(34)33-7-9-35-10-8-33/h3-4,12-13,16-17,19,21,29H,7-11,14-15H2,1-2H3,(H,30,31,32)/t19-,21-/m1/s1. The van der Waals surface area contributed by atoms with Crippen LogP contribution in [-0.4, -0.2) is 72.1 Å². The van der Waals surface area contributed by atoms with Gasteiger partial charge < -0.3 is 24.4 Å². The van der Waals surface area contributed by atoms with Gasteiger partial charge in [-0.15, -0.1) is 11.3 Å². The molecule has 0 unspecified atom stereocenters. The molecule has 2 atom stereocenters. The first-order chi connectivity index (χ1) is 18.4. The molecule has 0 spiro atoms. The highest BCUT2D eigenvalue weighted by Crippen LogP contribution is 2.32. The summed E-state index contributed by atoms with van der Waals surface area (Å²) in [6.45, 7) is 7.29. The Hall–Kier alpha value is -2.94. The molecule has 2 aliphatic rings. The van der Waals surface area contributed by atoms with Gasteiger partial charge in [0.15, 0.2) is 5.82 Å². The topological polar surface area (TPSA) is 97.8 Å². The van der Waals surface area contributed by atoms with Crippen molar-refractivity contribution in [2.24, 2.45) is 0 Å². The highest BCUT2D eigenvalue weighted by atomic mass is 35.5. The SMILES string of the molecule is CC(C)OCc1ccc(Nc2ncnc3cc(C#C[C@@H]4C[C@@H](OC(=O)N5CCOCC5)CN4)sc23)cc1Cl. The Morgan fingerprint density at radius 2 is 2.16 bits per heavy atom. The van der Waals surface area contributed by atoms with Crippen molar-refractivity contribution in [3.63, 3.8) is 0 Å². The van der Waals surface area contributed by atoms with E-state index in [-0.39, 0.29) is 24.3 Å². The molecule has 9 nitrogen and oxygen atoms in total. The first kappa shape index (κ1) is 26.7. The third-order valence-electron chi connectivity index (χ3n) is 6.20. The van der Waals surface area contributed by atoms with E-state index in [4.69, 9.17) is 25.8 Å². The quantitative estimate of drug-likeness (QED) is 0.427. The van der Waals surface area contributed by atoms with E-state index in [1.165, 1.54) is 17.7 Å². The van der Waals surface area contributed by atoms with E-state index >= 15 is 0 Å². The minimum absolute atomic E-state index is 0.0493. The number of aromatic nitrogens is 2. The Labute approximate surface area is 230 Å². The van der Waals surface area contributed by atoms with Crippen molar-refractivity contribution in [1.29, 1.82) is 0 Å². The summed E-state index contributed by atoms with van der Waals surface area (Å²) < 4.78 is 17.5. The van der Waals surface area contributed by atoms with Crippen LogP contribution in [0.5, 0.6) is 0 Å². The molecule has 3 aromatic rings. The number of morpholine rings is 1. The zero-order chi connectivity index (χ0) is 26.5. The molecule has 2 saturated heterocycles. The van der Waals surface area contributed by atoms with Gasteiger partial charge in [-0.25, -0.2) is 14.8 Å². The number of amides is 1. The zero-order valence-corrected chi connectivity index (χ0v) is 22.9. The van der Waals surface area contributed by atoms with Crippen LogP contribution < -0.4 is 10.6 Å². The molecular weight excluding hydrogens is 526 g/mol. The highest BCUT2D eigenvalue weighted by molar-refractivity contribution is 7.20. The van der Waals surface area contributed by atoms with Gasteiger partial charge in [-0.3, -0.25) is 5.32 Å². The summed E-state index contributed by atoms with van der Waals surface area (Å²) in [5.41, 5.74) is 2.59. The molecule has 200 valence electrons. The smallest absolute Gasteiger partial charge is 0.410 e. The lowest BCUT2D eigenvalue weighted by Crippen LogP contribution is -2.42. The predicted molar refractivity (Wildman–Crippen MR) is 148 cm³/mol. The Bertz CT molecular complexity index is 1350. The summed E-state index contributed by atoms with van der Waals surface area (Å²) in [5, 5.41) is 7.33. The monoisotopic (exact) mass is 555 g/mol. The van der Waals surface area contributed by atoms with Crippen LogP contribution in [0.25, 0.3) is 10.2 Å². The Balaban J connectivity index is 1.21. The summed E-state index contributed by atoms with van der Waals surface area (Å²) >= 11 is 8.00. The van der Waals surface area contributed by atoms with Crippen molar-refractivity contribution in [3.05, 3.63) is 46.1 Å². The third-order valence-corrected chi connectivity index (χ3v) is 7.59. The van der Waals surface area contributed by atoms with E-state index in [0.717, 1.165) is 26.3 Å². The number of ether oxygens (including phenoxy) is 3. The van der Waals surface area contributed by atoms with Gasteiger partial charge in [-0.1, -0.05) is 29.5 Å². The Morgan fingerprint density at radius 3 is 2.95 bits per heavy atom. The number of fused-ring (bicyclic) bond motifs is 1. The molecule has 0 aliphatic carbocycles. The third kappa shape index (κ3) is 6.73. The minimum atomic E-state index is -0.281. The van der Waals surface area contributed by atoms with Crippen molar-refractivity contribution in [2.45, 2.75) is 45.1 Å². The van der Waals surface area contributed by atoms with Crippen LogP contribution in [0.2, 0.25) is 5.02 Å². The number of anilines is 2. The molecule has 2 aromatic heterocycles. The predicted octanol–water partition coefficient (Wildman–Crippen LogP) is 4.56. The molecule has 1 amide bonds. The second kappa shape index (κ2) is 12.3. The fourth-order valence-electron chi connectivity index (χ4n) is 4.16. The van der Waals surface area contributed by atoms with Gasteiger partial charge >= 0.3 is 6.09 Å². The first-order valence-electron chi connectivity index (χ1n) is 12.6. The molecule has 1 aromatic carbocycles. The van der Waals surface area contributed by atoms with E-state index < -0.39 is 0 Å². The lowest BCUT2D eigenvalue weighted by atomic mass is 10.2. The number of thiophene rings is 1. The number of carbonyl (C=O) groups excluding carboxylic acids is 1. The van der Waals surface area contributed by atoms with Crippen molar-refractivity contribution in [1.82, 2.24) is 20.2 Å². The lowest BCUT2D eigenvalue weighted by Gasteiger charge is -2.27. The van der Waals surface area contributed by atoms with Crippen molar-refractivity contribution < 1.29 is 19.0 Å². The number of carbonyl (C=O) groups is 1. The lowest BCUT2D eigenvalue weighted by molar-refractivity contribution is 0.0156. The fraction of sp³-hybridized carbons (Fsp3) is 0.444. The van der Waals surface area contributed by atoms with Crippen LogP contribution in [0.15, 0.2) is 30.6 Å². The van der Waals surface area contributed by atoms with Crippen LogP contribution >= 0.6 is 22.9 Å². The molecule has 38 heavy (non-hydrogen) atoms.